The number of para-hydroxylation sites is 1. The molecule has 96 valence electrons. The highest BCUT2D eigenvalue weighted by atomic mass is 15.3. The largest absolute Gasteiger partial charge is 0.296 e. The number of rotatable bonds is 1. The van der Waals surface area contributed by atoms with E-state index in [1.165, 1.54) is 23.9 Å². The molecule has 3 rings (SSSR count). The van der Waals surface area contributed by atoms with Gasteiger partial charge in [-0.05, 0) is 33.3 Å². The zero-order valence-electron chi connectivity index (χ0n) is 11.4. The monoisotopic (exact) mass is 243 g/mol. The van der Waals surface area contributed by atoms with Crippen molar-refractivity contribution in [3.63, 3.8) is 0 Å². The summed E-state index contributed by atoms with van der Waals surface area (Å²) in [5.41, 5.74) is 1.52. The molecular weight excluding hydrogens is 222 g/mol. The van der Waals surface area contributed by atoms with Gasteiger partial charge in [0.1, 0.15) is 0 Å². The van der Waals surface area contributed by atoms with Crippen LogP contribution in [0, 0.1) is 0 Å². The smallest absolute Gasteiger partial charge is 0.0686 e. The molecule has 1 aromatic carbocycles. The molecule has 1 aromatic heterocycles. The maximum absolute atomic E-state index is 4.58. The van der Waals surface area contributed by atoms with Gasteiger partial charge in [0.15, 0.2) is 0 Å². The van der Waals surface area contributed by atoms with Gasteiger partial charge in [-0.25, -0.2) is 0 Å². The number of fused-ring (bicyclic) bond motifs is 1. The number of benzene rings is 1. The van der Waals surface area contributed by atoms with Crippen LogP contribution in [-0.4, -0.2) is 33.3 Å². The Labute approximate surface area is 108 Å². The number of likely N-dealkylation sites (tertiary alicyclic amines) is 1. The van der Waals surface area contributed by atoms with Gasteiger partial charge in [-0.1, -0.05) is 18.2 Å². The van der Waals surface area contributed by atoms with Crippen LogP contribution in [0.1, 0.15) is 33.2 Å². The lowest BCUT2D eigenvalue weighted by Gasteiger charge is -2.31. The minimum atomic E-state index is 0.262. The highest BCUT2D eigenvalue weighted by molar-refractivity contribution is 5.78. The molecular formula is C15H21N3. The van der Waals surface area contributed by atoms with Crippen LogP contribution in [0.25, 0.3) is 10.9 Å². The lowest BCUT2D eigenvalue weighted by molar-refractivity contribution is 0.168. The minimum absolute atomic E-state index is 0.262. The molecule has 0 spiro atoms. The van der Waals surface area contributed by atoms with Crippen LogP contribution >= 0.6 is 0 Å². The summed E-state index contributed by atoms with van der Waals surface area (Å²) in [5, 5.41) is 5.83. The Kier molecular flexibility index (Phi) is 2.67. The molecule has 1 aliphatic heterocycles. The van der Waals surface area contributed by atoms with Crippen molar-refractivity contribution in [2.45, 2.75) is 38.8 Å². The van der Waals surface area contributed by atoms with Gasteiger partial charge in [0.25, 0.3) is 0 Å². The quantitative estimate of drug-likeness (QED) is 0.767. The number of hydrogen-bond donors (Lipinski definition) is 0. The second-order valence-corrected chi connectivity index (χ2v) is 6.21. The first kappa shape index (κ1) is 11.7. The van der Waals surface area contributed by atoms with Crippen molar-refractivity contribution in [1.29, 1.82) is 0 Å². The summed E-state index contributed by atoms with van der Waals surface area (Å²) in [6.07, 6.45) is 3.18. The fourth-order valence-corrected chi connectivity index (χ4v) is 2.83. The molecule has 0 radical (unpaired) electrons. The van der Waals surface area contributed by atoms with Gasteiger partial charge in [-0.3, -0.25) is 9.58 Å². The minimum Gasteiger partial charge on any atom is -0.296 e. The zero-order chi connectivity index (χ0) is 12.8. The molecule has 2 heterocycles. The van der Waals surface area contributed by atoms with Gasteiger partial charge in [0.05, 0.1) is 17.8 Å². The third kappa shape index (κ3) is 1.93. The molecule has 1 unspecified atom stereocenters. The van der Waals surface area contributed by atoms with E-state index in [9.17, 15) is 0 Å². The summed E-state index contributed by atoms with van der Waals surface area (Å²) >= 11 is 0. The zero-order valence-corrected chi connectivity index (χ0v) is 11.4. The van der Waals surface area contributed by atoms with Gasteiger partial charge >= 0.3 is 0 Å². The Bertz CT molecular complexity index is 550. The molecule has 0 amide bonds. The maximum atomic E-state index is 4.58. The van der Waals surface area contributed by atoms with Crippen LogP contribution in [0.2, 0.25) is 0 Å². The van der Waals surface area contributed by atoms with Crippen LogP contribution in [0.5, 0.6) is 0 Å². The van der Waals surface area contributed by atoms with Crippen LogP contribution in [0.3, 0.4) is 0 Å². The van der Waals surface area contributed by atoms with Crippen molar-refractivity contribution < 1.29 is 0 Å². The third-order valence-electron chi connectivity index (χ3n) is 3.96. The average Bonchev–Trinajstić information content (AvgIpc) is 2.94. The molecule has 0 bridgehead atoms. The number of hydrogen-bond acceptors (Lipinski definition) is 2. The fourth-order valence-electron chi connectivity index (χ4n) is 2.83. The summed E-state index contributed by atoms with van der Waals surface area (Å²) in [4.78, 5) is 2.55. The van der Waals surface area contributed by atoms with E-state index in [4.69, 9.17) is 0 Å². The highest BCUT2D eigenvalue weighted by Gasteiger charge is 2.31. The Morgan fingerprint density at radius 3 is 2.72 bits per heavy atom. The van der Waals surface area contributed by atoms with Gasteiger partial charge < -0.3 is 0 Å². The predicted octanol–water partition coefficient (Wildman–Crippen LogP) is 3.08. The molecule has 3 nitrogen and oxygen atoms in total. The van der Waals surface area contributed by atoms with Crippen LogP contribution in [-0.2, 0) is 0 Å². The highest BCUT2D eigenvalue weighted by Crippen LogP contribution is 2.29. The van der Waals surface area contributed by atoms with Crippen molar-refractivity contribution >= 4 is 10.9 Å². The van der Waals surface area contributed by atoms with Crippen molar-refractivity contribution in [2.24, 2.45) is 0 Å². The first-order valence-electron chi connectivity index (χ1n) is 6.73. The molecule has 1 aliphatic rings. The van der Waals surface area contributed by atoms with E-state index < -0.39 is 0 Å². The van der Waals surface area contributed by atoms with Crippen LogP contribution in [0.15, 0.2) is 30.5 Å². The van der Waals surface area contributed by atoms with Crippen molar-refractivity contribution in [3.05, 3.63) is 30.5 Å². The van der Waals surface area contributed by atoms with Crippen molar-refractivity contribution in [1.82, 2.24) is 14.7 Å². The first-order chi connectivity index (χ1) is 8.55. The molecule has 18 heavy (non-hydrogen) atoms. The predicted molar refractivity (Wildman–Crippen MR) is 74.7 cm³/mol. The summed E-state index contributed by atoms with van der Waals surface area (Å²) < 4.78 is 2.21. The van der Waals surface area contributed by atoms with Gasteiger partial charge in [-0.2, -0.15) is 5.10 Å². The second-order valence-electron chi connectivity index (χ2n) is 6.21. The lowest BCUT2D eigenvalue weighted by Crippen LogP contribution is -2.39. The SMILES string of the molecule is CC(C)(C)N1CCC(n2ncc3ccccc32)C1. The molecule has 0 N–H and O–H groups in total. The van der Waals surface area contributed by atoms with Crippen LogP contribution in [0.4, 0.5) is 0 Å². The Hall–Kier alpha value is -1.35. The standard InChI is InChI=1S/C15H21N3/c1-15(2,3)17-9-8-13(11-17)18-14-7-5-4-6-12(14)10-16-18/h4-7,10,13H,8-9,11H2,1-3H3. The molecule has 1 fully saturated rings. The molecule has 0 aliphatic carbocycles. The van der Waals surface area contributed by atoms with Crippen molar-refractivity contribution in [3.8, 4) is 0 Å². The number of nitrogens with zero attached hydrogens (tertiary/aromatic N) is 3. The van der Waals surface area contributed by atoms with Gasteiger partial charge in [0.2, 0.25) is 0 Å². The fraction of sp³-hybridized carbons (Fsp3) is 0.533. The summed E-state index contributed by atoms with van der Waals surface area (Å²) in [6, 6.07) is 8.99. The van der Waals surface area contributed by atoms with Gasteiger partial charge in [-0.15, -0.1) is 0 Å². The van der Waals surface area contributed by atoms with Gasteiger partial charge in [0, 0.05) is 24.0 Å². The first-order valence-corrected chi connectivity index (χ1v) is 6.73. The molecule has 3 heteroatoms. The van der Waals surface area contributed by atoms with E-state index in [1.807, 2.05) is 6.20 Å². The molecule has 1 saturated heterocycles. The topological polar surface area (TPSA) is 21.1 Å². The van der Waals surface area contributed by atoms with Crippen LogP contribution < -0.4 is 0 Å². The van der Waals surface area contributed by atoms with E-state index in [0.29, 0.717) is 6.04 Å². The number of aromatic nitrogens is 2. The molecule has 1 atom stereocenters. The summed E-state index contributed by atoms with van der Waals surface area (Å²) in [5.74, 6) is 0. The summed E-state index contributed by atoms with van der Waals surface area (Å²) in [7, 11) is 0. The lowest BCUT2D eigenvalue weighted by atomic mass is 10.1. The average molecular weight is 243 g/mol. The molecule has 2 aromatic rings. The van der Waals surface area contributed by atoms with E-state index in [0.717, 1.165) is 6.54 Å². The summed E-state index contributed by atoms with van der Waals surface area (Å²) in [6.45, 7) is 9.14. The van der Waals surface area contributed by atoms with E-state index in [-0.39, 0.29) is 5.54 Å². The van der Waals surface area contributed by atoms with Crippen molar-refractivity contribution in [2.75, 3.05) is 13.1 Å². The second kappa shape index (κ2) is 4.09. The Balaban J connectivity index is 1.89. The molecule has 0 saturated carbocycles. The maximum Gasteiger partial charge on any atom is 0.0686 e. The van der Waals surface area contributed by atoms with E-state index >= 15 is 0 Å². The van der Waals surface area contributed by atoms with E-state index in [2.05, 4.69) is 59.7 Å². The Morgan fingerprint density at radius 2 is 2.00 bits per heavy atom. The Morgan fingerprint density at radius 1 is 1.22 bits per heavy atom. The third-order valence-corrected chi connectivity index (χ3v) is 3.96. The normalized spacial score (nSPS) is 21.8. The van der Waals surface area contributed by atoms with E-state index in [1.54, 1.807) is 0 Å².